The van der Waals surface area contributed by atoms with Gasteiger partial charge in [-0.15, -0.1) is 0 Å². The Balaban J connectivity index is 0.981. The van der Waals surface area contributed by atoms with Crippen LogP contribution in [0.5, 0.6) is 0 Å². The van der Waals surface area contributed by atoms with Crippen LogP contribution >= 0.6 is 14.3 Å². The molecule has 0 atom stereocenters. The van der Waals surface area contributed by atoms with Gasteiger partial charge in [0.15, 0.2) is 14.3 Å². The van der Waals surface area contributed by atoms with Crippen LogP contribution in [0.2, 0.25) is 0 Å². The van der Waals surface area contributed by atoms with Gasteiger partial charge >= 0.3 is 0 Å². The second-order valence-corrected chi connectivity index (χ2v) is 21.2. The summed E-state index contributed by atoms with van der Waals surface area (Å²) in [7, 11) is -6.20. The molecule has 9 aromatic carbocycles. The van der Waals surface area contributed by atoms with Crippen molar-refractivity contribution in [3.8, 4) is 33.6 Å². The first-order valence-electron chi connectivity index (χ1n) is 20.9. The third kappa shape index (κ3) is 6.65. The lowest BCUT2D eigenvalue weighted by Crippen LogP contribution is -2.24. The van der Waals surface area contributed by atoms with E-state index < -0.39 is 14.3 Å². The van der Waals surface area contributed by atoms with Gasteiger partial charge in [-0.3, -0.25) is 4.40 Å². The SMILES string of the molecule is O=P(c1ccccc1)(c1ccccc1)c1ccc(-c2cccc(-c3nc4ccc(-c5ccc(P(=O)(c6ccccc6)c6ccccc6)cc5)cc4c4nc5ccccc5n34)c2)cc1. The first-order chi connectivity index (χ1) is 31.0. The standard InChI is InChI=1S/C56H39N3O2P2/c60-62(45-18-5-1-6-19-45,46-20-7-2-8-21-46)49-33-28-40(29-34-49)42-16-15-17-44(38-42)55-57-52-37-32-43(39-51(52)56-58-53-26-13-14-27-54(53)59(55)56)41-30-35-50(36-31-41)63(61,47-22-9-3-10-23-47)48-24-11-4-12-25-48/h1-39H. The molecular formula is C56H39N3O2P2. The molecule has 0 saturated carbocycles. The van der Waals surface area contributed by atoms with Crippen LogP contribution in [0.15, 0.2) is 237 Å². The van der Waals surface area contributed by atoms with Crippen LogP contribution in [-0.2, 0) is 9.13 Å². The molecule has 5 nitrogen and oxygen atoms in total. The van der Waals surface area contributed by atoms with Crippen molar-refractivity contribution in [2.75, 3.05) is 0 Å². The van der Waals surface area contributed by atoms with Crippen molar-refractivity contribution in [3.63, 3.8) is 0 Å². The van der Waals surface area contributed by atoms with Crippen molar-refractivity contribution in [2.24, 2.45) is 0 Å². The van der Waals surface area contributed by atoms with Gasteiger partial charge in [0, 0.05) is 42.8 Å². The summed E-state index contributed by atoms with van der Waals surface area (Å²) in [4.78, 5) is 10.5. The van der Waals surface area contributed by atoms with E-state index in [1.54, 1.807) is 0 Å². The largest absolute Gasteiger partial charge is 0.309 e. The molecule has 2 heterocycles. The summed E-state index contributed by atoms with van der Waals surface area (Å²) in [5, 5.41) is 5.75. The van der Waals surface area contributed by atoms with Crippen LogP contribution in [-0.4, -0.2) is 14.4 Å². The van der Waals surface area contributed by atoms with Crippen LogP contribution in [0.4, 0.5) is 0 Å². The third-order valence-electron chi connectivity index (χ3n) is 12.0. The highest BCUT2D eigenvalue weighted by Crippen LogP contribution is 2.44. The minimum Gasteiger partial charge on any atom is -0.309 e. The second kappa shape index (κ2) is 15.8. The molecule has 0 saturated heterocycles. The summed E-state index contributed by atoms with van der Waals surface area (Å²) in [5.74, 6) is 0.789. The highest BCUT2D eigenvalue weighted by molar-refractivity contribution is 7.85. The molecule has 7 heteroatoms. The van der Waals surface area contributed by atoms with Gasteiger partial charge in [-0.05, 0) is 52.6 Å². The van der Waals surface area contributed by atoms with E-state index in [0.717, 1.165) is 93.1 Å². The van der Waals surface area contributed by atoms with E-state index in [2.05, 4.69) is 77.2 Å². The van der Waals surface area contributed by atoms with E-state index in [9.17, 15) is 0 Å². The molecule has 0 unspecified atom stereocenters. The van der Waals surface area contributed by atoms with Gasteiger partial charge in [0.05, 0.1) is 16.6 Å². The van der Waals surface area contributed by atoms with Gasteiger partial charge < -0.3 is 9.13 Å². The zero-order chi connectivity index (χ0) is 42.4. The number of benzene rings is 9. The lowest BCUT2D eigenvalue weighted by atomic mass is 10.0. The molecule has 0 radical (unpaired) electrons. The minimum absolute atomic E-state index is 0.787. The topological polar surface area (TPSA) is 64.3 Å². The van der Waals surface area contributed by atoms with Crippen molar-refractivity contribution < 1.29 is 9.13 Å². The molecule has 0 amide bonds. The molecule has 11 rings (SSSR count). The van der Waals surface area contributed by atoms with Crippen molar-refractivity contribution in [2.45, 2.75) is 0 Å². The Kier molecular flexibility index (Phi) is 9.66. The highest BCUT2D eigenvalue weighted by atomic mass is 31.2. The van der Waals surface area contributed by atoms with Crippen LogP contribution in [0.3, 0.4) is 0 Å². The van der Waals surface area contributed by atoms with E-state index in [-0.39, 0.29) is 0 Å². The fourth-order valence-electron chi connectivity index (χ4n) is 8.78. The Hall–Kier alpha value is -7.42. The van der Waals surface area contributed by atoms with Crippen molar-refractivity contribution in [3.05, 3.63) is 237 Å². The number of hydrogen-bond donors (Lipinski definition) is 0. The number of aromatic nitrogens is 3. The van der Waals surface area contributed by atoms with Gasteiger partial charge in [-0.2, -0.15) is 0 Å². The summed E-state index contributed by atoms with van der Waals surface area (Å²) in [5.41, 5.74) is 8.51. The quantitative estimate of drug-likeness (QED) is 0.136. The molecule has 2 aromatic heterocycles. The predicted molar refractivity (Wildman–Crippen MR) is 263 cm³/mol. The van der Waals surface area contributed by atoms with E-state index in [0.29, 0.717) is 0 Å². The monoisotopic (exact) mass is 847 g/mol. The van der Waals surface area contributed by atoms with E-state index >= 15 is 9.13 Å². The van der Waals surface area contributed by atoms with E-state index in [1.807, 2.05) is 164 Å². The maximum atomic E-state index is 15.0. The Morgan fingerprint density at radius 3 is 1.24 bits per heavy atom. The van der Waals surface area contributed by atoms with Crippen molar-refractivity contribution >= 4 is 73.7 Å². The maximum absolute atomic E-state index is 15.0. The average molecular weight is 848 g/mol. The van der Waals surface area contributed by atoms with Gasteiger partial charge in [0.25, 0.3) is 0 Å². The Bertz CT molecular complexity index is 3450. The fraction of sp³-hybridized carbons (Fsp3) is 0. The molecule has 0 aliphatic heterocycles. The molecular weight excluding hydrogens is 809 g/mol. The number of rotatable bonds is 9. The first kappa shape index (κ1) is 38.5. The molecule has 300 valence electrons. The fourth-order valence-corrected chi connectivity index (χ4v) is 14.1. The lowest BCUT2D eigenvalue weighted by Gasteiger charge is -2.20. The molecule has 0 N–H and O–H groups in total. The first-order valence-corrected chi connectivity index (χ1v) is 24.4. The van der Waals surface area contributed by atoms with E-state index in [1.165, 1.54) is 0 Å². The van der Waals surface area contributed by atoms with Crippen LogP contribution < -0.4 is 31.8 Å². The minimum atomic E-state index is -3.10. The number of fused-ring (bicyclic) bond motifs is 5. The normalized spacial score (nSPS) is 11.9. The molecule has 0 aliphatic carbocycles. The maximum Gasteiger partial charge on any atom is 0.171 e. The van der Waals surface area contributed by atoms with Crippen LogP contribution in [0, 0.1) is 0 Å². The molecule has 0 spiro atoms. The molecule has 11 aromatic rings. The summed E-state index contributed by atoms with van der Waals surface area (Å²) < 4.78 is 32.2. The molecule has 0 bridgehead atoms. The Morgan fingerprint density at radius 2 is 0.730 bits per heavy atom. The van der Waals surface area contributed by atoms with Gasteiger partial charge in [0.2, 0.25) is 0 Å². The summed E-state index contributed by atoms with van der Waals surface area (Å²) >= 11 is 0. The molecule has 63 heavy (non-hydrogen) atoms. The van der Waals surface area contributed by atoms with E-state index in [4.69, 9.17) is 9.97 Å². The number of imidazole rings is 1. The number of hydrogen-bond acceptors (Lipinski definition) is 4. The Labute approximate surface area is 365 Å². The average Bonchev–Trinajstić information content (AvgIpc) is 3.77. The predicted octanol–water partition coefficient (Wildman–Crippen LogP) is 11.3. The number of para-hydroxylation sites is 2. The number of nitrogens with zero attached hydrogens (tertiary/aromatic N) is 3. The van der Waals surface area contributed by atoms with Gasteiger partial charge in [-0.25, -0.2) is 9.97 Å². The van der Waals surface area contributed by atoms with Gasteiger partial charge in [-0.1, -0.05) is 206 Å². The summed E-state index contributed by atoms with van der Waals surface area (Å²) in [6.45, 7) is 0. The molecule has 0 aliphatic rings. The smallest absolute Gasteiger partial charge is 0.171 e. The second-order valence-electron chi connectivity index (χ2n) is 15.7. The zero-order valence-electron chi connectivity index (χ0n) is 34.1. The molecule has 0 fully saturated rings. The Morgan fingerprint density at radius 1 is 0.317 bits per heavy atom. The third-order valence-corrected chi connectivity index (χ3v) is 18.1. The van der Waals surface area contributed by atoms with Crippen molar-refractivity contribution in [1.29, 1.82) is 0 Å². The lowest BCUT2D eigenvalue weighted by molar-refractivity contribution is 0.591. The van der Waals surface area contributed by atoms with Gasteiger partial charge in [0.1, 0.15) is 11.5 Å². The van der Waals surface area contributed by atoms with Crippen LogP contribution in [0.1, 0.15) is 0 Å². The van der Waals surface area contributed by atoms with Crippen molar-refractivity contribution in [1.82, 2.24) is 14.4 Å². The van der Waals surface area contributed by atoms with Crippen LogP contribution in [0.25, 0.3) is 61.2 Å². The summed E-state index contributed by atoms with van der Waals surface area (Å²) in [6, 6.07) is 78.3. The zero-order valence-corrected chi connectivity index (χ0v) is 35.9. The summed E-state index contributed by atoms with van der Waals surface area (Å²) in [6.07, 6.45) is 0. The highest BCUT2D eigenvalue weighted by Gasteiger charge is 2.31.